The summed E-state index contributed by atoms with van der Waals surface area (Å²) >= 11 is 0. The van der Waals surface area contributed by atoms with Crippen molar-refractivity contribution in [2.75, 3.05) is 0 Å². The quantitative estimate of drug-likeness (QED) is 0.516. The summed E-state index contributed by atoms with van der Waals surface area (Å²) in [5, 5.41) is 13.1. The summed E-state index contributed by atoms with van der Waals surface area (Å²) in [7, 11) is 0. The van der Waals surface area contributed by atoms with Crippen LogP contribution in [0.25, 0.3) is 11.1 Å². The van der Waals surface area contributed by atoms with Gasteiger partial charge in [0.1, 0.15) is 11.5 Å². The normalized spacial score (nSPS) is 11.9. The van der Waals surface area contributed by atoms with Gasteiger partial charge < -0.3 is 9.84 Å². The molecule has 5 heteroatoms. The van der Waals surface area contributed by atoms with Gasteiger partial charge in [-0.25, -0.2) is 5.43 Å². The number of hydrazone groups is 1. The highest BCUT2D eigenvalue weighted by atomic mass is 16.5. The lowest BCUT2D eigenvalue weighted by Crippen LogP contribution is -2.33. The Morgan fingerprint density at radius 2 is 1.59 bits per heavy atom. The molecular weight excluding hydrogens is 340 g/mol. The van der Waals surface area contributed by atoms with Crippen molar-refractivity contribution in [3.05, 3.63) is 84.4 Å². The first-order valence-corrected chi connectivity index (χ1v) is 8.56. The number of phenols is 1. The zero-order valence-corrected chi connectivity index (χ0v) is 14.9. The van der Waals surface area contributed by atoms with E-state index >= 15 is 0 Å². The molecule has 3 aromatic carbocycles. The Balaban J connectivity index is 1.54. The van der Waals surface area contributed by atoms with E-state index in [1.54, 1.807) is 31.2 Å². The lowest BCUT2D eigenvalue weighted by Gasteiger charge is -2.13. The second kappa shape index (κ2) is 8.67. The molecule has 5 nitrogen and oxygen atoms in total. The number of carbonyl (C=O) groups is 1. The minimum Gasteiger partial charge on any atom is -0.508 e. The average Bonchev–Trinajstić information content (AvgIpc) is 2.70. The fraction of sp³-hybridized carbons (Fsp3) is 0.0909. The Kier molecular flexibility index (Phi) is 5.84. The van der Waals surface area contributed by atoms with Gasteiger partial charge in [-0.05, 0) is 60.0 Å². The number of hydrogen-bond acceptors (Lipinski definition) is 4. The van der Waals surface area contributed by atoms with Crippen LogP contribution in [0.3, 0.4) is 0 Å². The van der Waals surface area contributed by atoms with E-state index in [1.165, 1.54) is 6.21 Å². The van der Waals surface area contributed by atoms with Crippen molar-refractivity contribution in [1.82, 2.24) is 5.43 Å². The van der Waals surface area contributed by atoms with E-state index in [9.17, 15) is 9.90 Å². The average molecular weight is 360 g/mol. The summed E-state index contributed by atoms with van der Waals surface area (Å²) < 4.78 is 5.67. The predicted octanol–water partition coefficient (Wildman–Crippen LogP) is 3.98. The van der Waals surface area contributed by atoms with E-state index in [2.05, 4.69) is 10.5 Å². The summed E-state index contributed by atoms with van der Waals surface area (Å²) in [5.41, 5.74) is 5.41. The Morgan fingerprint density at radius 3 is 2.26 bits per heavy atom. The van der Waals surface area contributed by atoms with Crippen LogP contribution >= 0.6 is 0 Å². The number of carbonyl (C=O) groups excluding carboxylic acids is 1. The van der Waals surface area contributed by atoms with Crippen LogP contribution < -0.4 is 10.2 Å². The lowest BCUT2D eigenvalue weighted by molar-refractivity contribution is -0.127. The van der Waals surface area contributed by atoms with Crippen LogP contribution in [0.1, 0.15) is 12.5 Å². The van der Waals surface area contributed by atoms with Crippen molar-refractivity contribution in [1.29, 1.82) is 0 Å². The van der Waals surface area contributed by atoms with Crippen LogP contribution in [-0.4, -0.2) is 23.3 Å². The zero-order valence-electron chi connectivity index (χ0n) is 14.9. The number of nitrogens with one attached hydrogen (secondary N) is 1. The largest absolute Gasteiger partial charge is 0.508 e. The summed E-state index contributed by atoms with van der Waals surface area (Å²) in [4.78, 5) is 12.1. The summed E-state index contributed by atoms with van der Waals surface area (Å²) in [6, 6.07) is 24.1. The molecule has 27 heavy (non-hydrogen) atoms. The van der Waals surface area contributed by atoms with Crippen molar-refractivity contribution < 1.29 is 14.6 Å². The van der Waals surface area contributed by atoms with Crippen molar-refractivity contribution in [3.63, 3.8) is 0 Å². The molecule has 0 aliphatic carbocycles. The molecule has 0 saturated heterocycles. The highest BCUT2D eigenvalue weighted by Gasteiger charge is 2.13. The van der Waals surface area contributed by atoms with E-state index in [-0.39, 0.29) is 11.7 Å². The van der Waals surface area contributed by atoms with E-state index in [4.69, 9.17) is 4.74 Å². The van der Waals surface area contributed by atoms with Crippen molar-refractivity contribution in [2.45, 2.75) is 13.0 Å². The third kappa shape index (κ3) is 5.19. The number of ether oxygens (including phenoxy) is 1. The Hall–Kier alpha value is -3.60. The molecule has 0 radical (unpaired) electrons. The molecule has 0 saturated carbocycles. The van der Waals surface area contributed by atoms with Crippen LogP contribution in [0, 0.1) is 0 Å². The van der Waals surface area contributed by atoms with Gasteiger partial charge in [-0.1, -0.05) is 42.5 Å². The summed E-state index contributed by atoms with van der Waals surface area (Å²) in [6.07, 6.45) is 0.808. The maximum Gasteiger partial charge on any atom is 0.280 e. The first-order valence-electron chi connectivity index (χ1n) is 8.56. The van der Waals surface area contributed by atoms with Crippen LogP contribution in [0.2, 0.25) is 0 Å². The molecule has 1 unspecified atom stereocenters. The van der Waals surface area contributed by atoms with E-state index in [0.29, 0.717) is 5.75 Å². The van der Waals surface area contributed by atoms with Crippen molar-refractivity contribution in [2.24, 2.45) is 5.10 Å². The summed E-state index contributed by atoms with van der Waals surface area (Å²) in [5.74, 6) is 0.438. The van der Waals surface area contributed by atoms with Gasteiger partial charge in [0.15, 0.2) is 6.10 Å². The van der Waals surface area contributed by atoms with Gasteiger partial charge >= 0.3 is 0 Å². The van der Waals surface area contributed by atoms with Gasteiger partial charge in [0.2, 0.25) is 0 Å². The minimum atomic E-state index is -0.690. The monoisotopic (exact) mass is 360 g/mol. The second-order valence-corrected chi connectivity index (χ2v) is 5.98. The fourth-order valence-electron chi connectivity index (χ4n) is 2.44. The molecule has 136 valence electrons. The maximum atomic E-state index is 12.1. The standard InChI is InChI=1S/C22H20N2O3/c1-16(22(26)24-23-15-17-7-11-20(25)12-8-17)27-21-13-9-19(10-14-21)18-5-3-2-4-6-18/h2-16,25H,1H3,(H,24,26). The Bertz CT molecular complexity index is 905. The number of aromatic hydroxyl groups is 1. The molecule has 0 aliphatic rings. The number of rotatable bonds is 6. The van der Waals surface area contributed by atoms with Gasteiger partial charge in [-0.3, -0.25) is 4.79 Å². The van der Waals surface area contributed by atoms with Crippen LogP contribution in [0.15, 0.2) is 84.0 Å². The molecule has 0 fully saturated rings. The first-order chi connectivity index (χ1) is 13.1. The molecule has 1 atom stereocenters. The van der Waals surface area contributed by atoms with Crippen LogP contribution in [-0.2, 0) is 4.79 Å². The molecule has 3 aromatic rings. The third-order valence-corrected chi connectivity index (χ3v) is 3.92. The molecule has 0 spiro atoms. The highest BCUT2D eigenvalue weighted by Crippen LogP contribution is 2.22. The van der Waals surface area contributed by atoms with Gasteiger partial charge in [-0.2, -0.15) is 5.10 Å². The number of amides is 1. The number of nitrogens with zero attached hydrogens (tertiary/aromatic N) is 1. The topological polar surface area (TPSA) is 70.9 Å². The van der Waals surface area contributed by atoms with E-state index in [0.717, 1.165) is 16.7 Å². The van der Waals surface area contributed by atoms with Crippen molar-refractivity contribution >= 4 is 12.1 Å². The molecule has 0 aromatic heterocycles. The van der Waals surface area contributed by atoms with Gasteiger partial charge in [-0.15, -0.1) is 0 Å². The third-order valence-electron chi connectivity index (χ3n) is 3.92. The SMILES string of the molecule is CC(Oc1ccc(-c2ccccc2)cc1)C(=O)NN=Cc1ccc(O)cc1. The van der Waals surface area contributed by atoms with Crippen LogP contribution in [0.4, 0.5) is 0 Å². The van der Waals surface area contributed by atoms with Gasteiger partial charge in [0, 0.05) is 0 Å². The molecule has 1 amide bonds. The van der Waals surface area contributed by atoms with Crippen LogP contribution in [0.5, 0.6) is 11.5 Å². The predicted molar refractivity (Wildman–Crippen MR) is 106 cm³/mol. The minimum absolute atomic E-state index is 0.177. The number of phenolic OH excluding ortho intramolecular Hbond substituents is 1. The smallest absolute Gasteiger partial charge is 0.280 e. The molecule has 0 heterocycles. The fourth-order valence-corrected chi connectivity index (χ4v) is 2.44. The highest BCUT2D eigenvalue weighted by molar-refractivity contribution is 5.84. The van der Waals surface area contributed by atoms with Gasteiger partial charge in [0.25, 0.3) is 5.91 Å². The second-order valence-electron chi connectivity index (χ2n) is 5.98. The molecule has 3 rings (SSSR count). The first kappa shape index (κ1) is 18.2. The molecular formula is C22H20N2O3. The Morgan fingerprint density at radius 1 is 0.963 bits per heavy atom. The molecule has 0 aliphatic heterocycles. The molecule has 0 bridgehead atoms. The van der Waals surface area contributed by atoms with Gasteiger partial charge in [0.05, 0.1) is 6.21 Å². The maximum absolute atomic E-state index is 12.1. The Labute approximate surface area is 157 Å². The zero-order chi connectivity index (χ0) is 19.1. The lowest BCUT2D eigenvalue weighted by atomic mass is 10.1. The number of benzene rings is 3. The summed E-state index contributed by atoms with van der Waals surface area (Å²) in [6.45, 7) is 1.66. The van der Waals surface area contributed by atoms with E-state index < -0.39 is 6.10 Å². The van der Waals surface area contributed by atoms with Crippen molar-refractivity contribution in [3.8, 4) is 22.6 Å². The molecule has 2 N–H and O–H groups in total. The number of hydrogen-bond donors (Lipinski definition) is 2. The van der Waals surface area contributed by atoms with E-state index in [1.807, 2.05) is 54.6 Å².